The van der Waals surface area contributed by atoms with E-state index in [2.05, 4.69) is 24.4 Å². The molecular weight excluding hydrogens is 228 g/mol. The number of ether oxygens (including phenoxy) is 2. The Bertz CT molecular complexity index is 391. The van der Waals surface area contributed by atoms with Gasteiger partial charge in [0.05, 0.1) is 0 Å². The molecule has 2 atom stereocenters. The van der Waals surface area contributed by atoms with Gasteiger partial charge in [-0.3, -0.25) is 0 Å². The molecule has 2 rings (SSSR count). The van der Waals surface area contributed by atoms with Crippen LogP contribution in [0.5, 0.6) is 11.5 Å². The summed E-state index contributed by atoms with van der Waals surface area (Å²) in [6, 6.07) is 6.40. The molecule has 1 heterocycles. The van der Waals surface area contributed by atoms with Crippen molar-refractivity contribution in [1.82, 2.24) is 5.32 Å². The molecule has 0 fully saturated rings. The molecule has 3 N–H and O–H groups in total. The first-order valence-electron chi connectivity index (χ1n) is 6.57. The van der Waals surface area contributed by atoms with Crippen LogP contribution in [0.25, 0.3) is 0 Å². The van der Waals surface area contributed by atoms with E-state index >= 15 is 0 Å². The Morgan fingerprint density at radius 1 is 1.28 bits per heavy atom. The molecule has 0 bridgehead atoms. The fourth-order valence-electron chi connectivity index (χ4n) is 2.47. The van der Waals surface area contributed by atoms with Gasteiger partial charge in [-0.25, -0.2) is 0 Å². The van der Waals surface area contributed by atoms with Crippen LogP contribution < -0.4 is 20.5 Å². The van der Waals surface area contributed by atoms with Gasteiger partial charge in [-0.15, -0.1) is 0 Å². The highest BCUT2D eigenvalue weighted by Gasteiger charge is 2.21. The van der Waals surface area contributed by atoms with Gasteiger partial charge in [-0.05, 0) is 37.2 Å². The Morgan fingerprint density at radius 2 is 2.00 bits per heavy atom. The van der Waals surface area contributed by atoms with Gasteiger partial charge >= 0.3 is 0 Å². The van der Waals surface area contributed by atoms with E-state index in [9.17, 15) is 0 Å². The third-order valence-corrected chi connectivity index (χ3v) is 3.53. The Hall–Kier alpha value is -1.26. The first-order valence-corrected chi connectivity index (χ1v) is 6.57. The molecule has 1 aliphatic heterocycles. The second-order valence-corrected chi connectivity index (χ2v) is 4.57. The predicted octanol–water partition coefficient (Wildman–Crippen LogP) is 1.70. The highest BCUT2D eigenvalue weighted by Crippen LogP contribution is 2.34. The first kappa shape index (κ1) is 13.2. The van der Waals surface area contributed by atoms with Gasteiger partial charge in [-0.2, -0.15) is 0 Å². The second-order valence-electron chi connectivity index (χ2n) is 4.57. The first-order chi connectivity index (χ1) is 8.80. The van der Waals surface area contributed by atoms with Crippen molar-refractivity contribution in [2.45, 2.75) is 19.4 Å². The quantitative estimate of drug-likeness (QED) is 0.835. The molecule has 2 unspecified atom stereocenters. The fourth-order valence-corrected chi connectivity index (χ4v) is 2.47. The summed E-state index contributed by atoms with van der Waals surface area (Å²) < 4.78 is 11.2. The maximum Gasteiger partial charge on any atom is 0.161 e. The fraction of sp³-hybridized carbons (Fsp3) is 0.571. The zero-order valence-electron chi connectivity index (χ0n) is 11.1. The van der Waals surface area contributed by atoms with E-state index in [0.29, 0.717) is 25.7 Å². The van der Waals surface area contributed by atoms with Gasteiger partial charge in [-0.1, -0.05) is 19.4 Å². The zero-order chi connectivity index (χ0) is 13.0. The molecule has 1 aliphatic rings. The molecule has 1 aromatic carbocycles. The maximum atomic E-state index is 5.84. The normalized spacial score (nSPS) is 17.3. The van der Waals surface area contributed by atoms with Gasteiger partial charge in [0.15, 0.2) is 11.5 Å². The minimum absolute atomic E-state index is 0.260. The van der Waals surface area contributed by atoms with E-state index in [1.165, 1.54) is 5.56 Å². The summed E-state index contributed by atoms with van der Waals surface area (Å²) in [5, 5.41) is 3.35. The van der Waals surface area contributed by atoms with Crippen LogP contribution in [0.2, 0.25) is 0 Å². The summed E-state index contributed by atoms with van der Waals surface area (Å²) in [7, 11) is 1.97. The molecule has 1 aromatic rings. The Labute approximate surface area is 108 Å². The van der Waals surface area contributed by atoms with Gasteiger partial charge < -0.3 is 20.5 Å². The van der Waals surface area contributed by atoms with E-state index in [-0.39, 0.29) is 6.04 Å². The van der Waals surface area contributed by atoms with Gasteiger partial charge in [0.2, 0.25) is 0 Å². The number of fused-ring (bicyclic) bond motifs is 1. The van der Waals surface area contributed by atoms with Crippen LogP contribution >= 0.6 is 0 Å². The summed E-state index contributed by atoms with van der Waals surface area (Å²) in [5.74, 6) is 2.10. The van der Waals surface area contributed by atoms with Crippen LogP contribution in [-0.2, 0) is 0 Å². The minimum Gasteiger partial charge on any atom is -0.486 e. The van der Waals surface area contributed by atoms with Crippen LogP contribution in [0.1, 0.15) is 24.9 Å². The molecule has 0 amide bonds. The average molecular weight is 250 g/mol. The van der Waals surface area contributed by atoms with Crippen LogP contribution in [0.4, 0.5) is 0 Å². The van der Waals surface area contributed by atoms with E-state index < -0.39 is 0 Å². The molecule has 0 spiro atoms. The number of benzene rings is 1. The zero-order valence-corrected chi connectivity index (χ0v) is 11.1. The average Bonchev–Trinajstić information content (AvgIpc) is 2.44. The Kier molecular flexibility index (Phi) is 4.44. The van der Waals surface area contributed by atoms with Crippen molar-refractivity contribution < 1.29 is 9.47 Å². The molecule has 0 aliphatic carbocycles. The predicted molar refractivity (Wildman–Crippen MR) is 72.1 cm³/mol. The van der Waals surface area contributed by atoms with Crippen molar-refractivity contribution in [3.05, 3.63) is 23.8 Å². The van der Waals surface area contributed by atoms with Gasteiger partial charge in [0.25, 0.3) is 0 Å². The van der Waals surface area contributed by atoms with Gasteiger partial charge in [0, 0.05) is 6.04 Å². The summed E-state index contributed by atoms with van der Waals surface area (Å²) in [6.07, 6.45) is 1.05. The lowest BCUT2D eigenvalue weighted by Gasteiger charge is -2.27. The van der Waals surface area contributed by atoms with Crippen molar-refractivity contribution >= 4 is 0 Å². The molecule has 18 heavy (non-hydrogen) atoms. The van der Waals surface area contributed by atoms with Crippen molar-refractivity contribution in [3.63, 3.8) is 0 Å². The van der Waals surface area contributed by atoms with Crippen LogP contribution in [0.3, 0.4) is 0 Å². The smallest absolute Gasteiger partial charge is 0.161 e. The van der Waals surface area contributed by atoms with E-state index in [4.69, 9.17) is 15.2 Å². The van der Waals surface area contributed by atoms with Crippen molar-refractivity contribution in [2.24, 2.45) is 11.7 Å². The molecule has 0 aromatic heterocycles. The third-order valence-electron chi connectivity index (χ3n) is 3.53. The van der Waals surface area contributed by atoms with E-state index in [0.717, 1.165) is 17.9 Å². The number of rotatable bonds is 5. The number of hydrogen-bond donors (Lipinski definition) is 2. The molecule has 0 saturated carbocycles. The lowest BCUT2D eigenvalue weighted by molar-refractivity contribution is 0.171. The Balaban J connectivity index is 2.25. The maximum absolute atomic E-state index is 5.84. The summed E-state index contributed by atoms with van der Waals surface area (Å²) in [6.45, 7) is 4.09. The summed E-state index contributed by atoms with van der Waals surface area (Å²) in [5.41, 5.74) is 7.05. The standard InChI is InChI=1S/C14H22N2O2/c1-3-10(9-15)14(16-2)11-4-5-12-13(8-11)18-7-6-17-12/h4-5,8,10,14,16H,3,6-7,9,15H2,1-2H3. The van der Waals surface area contributed by atoms with Crippen molar-refractivity contribution in [2.75, 3.05) is 26.8 Å². The van der Waals surface area contributed by atoms with Crippen molar-refractivity contribution in [3.8, 4) is 11.5 Å². The molecule has 0 saturated heterocycles. The van der Waals surface area contributed by atoms with Gasteiger partial charge in [0.1, 0.15) is 13.2 Å². The van der Waals surface area contributed by atoms with Crippen LogP contribution in [-0.4, -0.2) is 26.8 Å². The SMILES string of the molecule is CCC(CN)C(NC)c1ccc2c(c1)OCCO2. The topological polar surface area (TPSA) is 56.5 Å². The number of hydrogen-bond acceptors (Lipinski definition) is 4. The van der Waals surface area contributed by atoms with Crippen molar-refractivity contribution in [1.29, 1.82) is 0 Å². The highest BCUT2D eigenvalue weighted by molar-refractivity contribution is 5.44. The molecule has 4 heteroatoms. The molecular formula is C14H22N2O2. The van der Waals surface area contributed by atoms with Crippen LogP contribution in [0, 0.1) is 5.92 Å². The molecule has 4 nitrogen and oxygen atoms in total. The molecule has 100 valence electrons. The van der Waals surface area contributed by atoms with E-state index in [1.807, 2.05) is 13.1 Å². The monoisotopic (exact) mass is 250 g/mol. The lowest BCUT2D eigenvalue weighted by atomic mass is 9.91. The third kappa shape index (κ3) is 2.60. The summed E-state index contributed by atoms with van der Waals surface area (Å²) >= 11 is 0. The highest BCUT2D eigenvalue weighted by atomic mass is 16.6. The number of nitrogens with one attached hydrogen (secondary N) is 1. The Morgan fingerprint density at radius 3 is 2.61 bits per heavy atom. The number of nitrogens with two attached hydrogens (primary N) is 1. The van der Waals surface area contributed by atoms with Crippen LogP contribution in [0.15, 0.2) is 18.2 Å². The largest absolute Gasteiger partial charge is 0.486 e. The van der Waals surface area contributed by atoms with E-state index in [1.54, 1.807) is 0 Å². The lowest BCUT2D eigenvalue weighted by Crippen LogP contribution is -2.30. The second kappa shape index (κ2) is 6.07. The minimum atomic E-state index is 0.260. The summed E-state index contributed by atoms with van der Waals surface area (Å²) in [4.78, 5) is 0. The molecule has 0 radical (unpaired) electrons.